The minimum Gasteiger partial charge on any atom is -0.317 e. The van der Waals surface area contributed by atoms with Gasteiger partial charge in [-0.1, -0.05) is 30.3 Å². The summed E-state index contributed by atoms with van der Waals surface area (Å²) in [4.78, 5) is 10.2. The van der Waals surface area contributed by atoms with E-state index < -0.39 is 10.1 Å². The van der Waals surface area contributed by atoms with Gasteiger partial charge in [0.25, 0.3) is 5.24 Å². The van der Waals surface area contributed by atoms with E-state index >= 15 is 0 Å². The first-order valence-electron chi connectivity index (χ1n) is 4.29. The summed E-state index contributed by atoms with van der Waals surface area (Å²) in [5.74, 6) is 0. The normalized spacial score (nSPS) is 11.3. The lowest BCUT2D eigenvalue weighted by molar-refractivity contribution is 0.270. The second kappa shape index (κ2) is 4.64. The van der Waals surface area contributed by atoms with Gasteiger partial charge in [-0.3, -0.25) is 4.79 Å². The Morgan fingerprint density at radius 2 is 2.07 bits per heavy atom. The maximum absolute atomic E-state index is 10.7. The molecule has 0 aliphatic rings. The minimum absolute atomic E-state index is 0.427. The Labute approximate surface area is 104 Å². The van der Waals surface area contributed by atoms with Gasteiger partial charge < -0.3 is 5.32 Å². The standard InChI is InChI=1S/C10H11Cl2NOS/c1-10(2,12)7-4-3-6(5-8(7)11)13-9(14)15/h3-5H,1-2H3,(H2,13,14,15). The van der Waals surface area contributed by atoms with Crippen molar-refractivity contribution in [3.05, 3.63) is 28.8 Å². The molecule has 1 rings (SSSR count). The van der Waals surface area contributed by atoms with Crippen molar-refractivity contribution in [2.45, 2.75) is 18.7 Å². The number of hydrogen-bond acceptors (Lipinski definition) is 1. The van der Waals surface area contributed by atoms with Gasteiger partial charge in [-0.05, 0) is 31.5 Å². The van der Waals surface area contributed by atoms with Gasteiger partial charge in [-0.2, -0.15) is 0 Å². The van der Waals surface area contributed by atoms with Crippen LogP contribution in [0.25, 0.3) is 0 Å². The predicted molar refractivity (Wildman–Crippen MR) is 68.3 cm³/mol. The molecule has 2 nitrogen and oxygen atoms in total. The van der Waals surface area contributed by atoms with Gasteiger partial charge in [-0.25, -0.2) is 0 Å². The first-order chi connectivity index (χ1) is 6.80. The van der Waals surface area contributed by atoms with Crippen molar-refractivity contribution in [3.8, 4) is 0 Å². The molecule has 0 fully saturated rings. The molecular formula is C10H11Cl2NOS. The zero-order valence-electron chi connectivity index (χ0n) is 8.34. The second-order valence-electron chi connectivity index (χ2n) is 3.60. The number of carbonyl (C=O) groups excluding carboxylic acids is 1. The van der Waals surface area contributed by atoms with E-state index in [0.29, 0.717) is 10.7 Å². The summed E-state index contributed by atoms with van der Waals surface area (Å²) in [5, 5.41) is 2.62. The Morgan fingerprint density at radius 3 is 2.47 bits per heavy atom. The quantitative estimate of drug-likeness (QED) is 0.606. The van der Waals surface area contributed by atoms with E-state index in [4.69, 9.17) is 23.2 Å². The van der Waals surface area contributed by atoms with E-state index in [0.717, 1.165) is 5.56 Å². The summed E-state index contributed by atoms with van der Waals surface area (Å²) in [7, 11) is 0. The SMILES string of the molecule is CC(C)(Cl)c1ccc(NC(=O)S)cc1Cl. The fourth-order valence-corrected chi connectivity index (χ4v) is 1.96. The number of amides is 1. The third-order valence-corrected chi connectivity index (χ3v) is 2.49. The Morgan fingerprint density at radius 1 is 1.47 bits per heavy atom. The van der Waals surface area contributed by atoms with Crippen LogP contribution in [-0.4, -0.2) is 5.24 Å². The molecule has 1 amide bonds. The fraction of sp³-hybridized carbons (Fsp3) is 0.300. The first kappa shape index (κ1) is 12.7. The molecule has 0 aliphatic heterocycles. The lowest BCUT2D eigenvalue weighted by Crippen LogP contribution is -2.09. The van der Waals surface area contributed by atoms with Crippen molar-refractivity contribution >= 4 is 46.8 Å². The van der Waals surface area contributed by atoms with Crippen LogP contribution >= 0.6 is 35.8 Å². The van der Waals surface area contributed by atoms with Crippen LogP contribution in [0.15, 0.2) is 18.2 Å². The van der Waals surface area contributed by atoms with Crippen LogP contribution < -0.4 is 5.32 Å². The molecule has 0 saturated carbocycles. The Kier molecular flexibility index (Phi) is 3.93. The van der Waals surface area contributed by atoms with Gasteiger partial charge in [0.2, 0.25) is 0 Å². The average molecular weight is 264 g/mol. The smallest absolute Gasteiger partial charge is 0.280 e. The summed E-state index contributed by atoms with van der Waals surface area (Å²) in [6, 6.07) is 5.17. The van der Waals surface area contributed by atoms with Crippen LogP contribution in [0.3, 0.4) is 0 Å². The van der Waals surface area contributed by atoms with Crippen LogP contribution in [0, 0.1) is 0 Å². The minimum atomic E-state index is -0.527. The van der Waals surface area contributed by atoms with E-state index in [1.807, 2.05) is 13.8 Å². The second-order valence-corrected chi connectivity index (χ2v) is 5.36. The van der Waals surface area contributed by atoms with Crippen molar-refractivity contribution in [3.63, 3.8) is 0 Å². The summed E-state index contributed by atoms with van der Waals surface area (Å²) in [6.45, 7) is 3.71. The Bertz CT molecular complexity index is 387. The molecule has 0 atom stereocenters. The molecule has 1 N–H and O–H groups in total. The molecule has 0 aliphatic carbocycles. The van der Waals surface area contributed by atoms with E-state index in [9.17, 15) is 4.79 Å². The van der Waals surface area contributed by atoms with Gasteiger partial charge in [0.05, 0.1) is 4.87 Å². The van der Waals surface area contributed by atoms with E-state index in [-0.39, 0.29) is 0 Å². The number of halogens is 2. The van der Waals surface area contributed by atoms with Crippen molar-refractivity contribution in [2.75, 3.05) is 5.32 Å². The lowest BCUT2D eigenvalue weighted by Gasteiger charge is -2.18. The molecule has 0 radical (unpaired) electrons. The first-order valence-corrected chi connectivity index (χ1v) is 5.50. The largest absolute Gasteiger partial charge is 0.317 e. The molecule has 1 aromatic rings. The van der Waals surface area contributed by atoms with E-state index in [1.165, 1.54) is 0 Å². The zero-order valence-corrected chi connectivity index (χ0v) is 10.7. The van der Waals surface area contributed by atoms with Crippen molar-refractivity contribution in [1.29, 1.82) is 0 Å². The molecule has 0 unspecified atom stereocenters. The fourth-order valence-electron chi connectivity index (χ4n) is 1.20. The van der Waals surface area contributed by atoms with Gasteiger partial charge in [0.1, 0.15) is 0 Å². The molecular weight excluding hydrogens is 253 g/mol. The van der Waals surface area contributed by atoms with Gasteiger partial charge in [-0.15, -0.1) is 11.6 Å². The van der Waals surface area contributed by atoms with Crippen LogP contribution in [0.5, 0.6) is 0 Å². The number of carbonyl (C=O) groups is 1. The van der Waals surface area contributed by atoms with Crippen molar-refractivity contribution in [2.24, 2.45) is 0 Å². The number of rotatable bonds is 2. The molecule has 0 heterocycles. The number of benzene rings is 1. The molecule has 15 heavy (non-hydrogen) atoms. The highest BCUT2D eigenvalue weighted by Gasteiger charge is 2.19. The predicted octanol–water partition coefficient (Wildman–Crippen LogP) is 4.28. The summed E-state index contributed by atoms with van der Waals surface area (Å²) in [5.41, 5.74) is 1.42. The summed E-state index contributed by atoms with van der Waals surface area (Å²) in [6.07, 6.45) is 0. The molecule has 82 valence electrons. The maximum atomic E-state index is 10.7. The molecule has 5 heteroatoms. The molecule has 1 aromatic carbocycles. The summed E-state index contributed by atoms with van der Waals surface area (Å²) >= 11 is 15.8. The lowest BCUT2D eigenvalue weighted by atomic mass is 10.0. The maximum Gasteiger partial charge on any atom is 0.280 e. The highest BCUT2D eigenvalue weighted by molar-refractivity contribution is 7.96. The van der Waals surface area contributed by atoms with E-state index in [1.54, 1.807) is 18.2 Å². The number of hydrogen-bond donors (Lipinski definition) is 2. The highest BCUT2D eigenvalue weighted by atomic mass is 35.5. The summed E-state index contributed by atoms with van der Waals surface area (Å²) < 4.78 is 0. The number of nitrogens with one attached hydrogen (secondary N) is 1. The zero-order chi connectivity index (χ0) is 11.6. The molecule has 0 aromatic heterocycles. The Balaban J connectivity index is 3.04. The number of anilines is 1. The highest BCUT2D eigenvalue weighted by Crippen LogP contribution is 2.34. The monoisotopic (exact) mass is 263 g/mol. The van der Waals surface area contributed by atoms with Gasteiger partial charge in [0, 0.05) is 10.7 Å². The van der Waals surface area contributed by atoms with Crippen LogP contribution in [-0.2, 0) is 4.87 Å². The van der Waals surface area contributed by atoms with Crippen LogP contribution in [0.2, 0.25) is 5.02 Å². The van der Waals surface area contributed by atoms with Gasteiger partial charge >= 0.3 is 0 Å². The van der Waals surface area contributed by atoms with Crippen molar-refractivity contribution in [1.82, 2.24) is 0 Å². The number of thiol groups is 1. The number of alkyl halides is 1. The van der Waals surface area contributed by atoms with Gasteiger partial charge in [0.15, 0.2) is 0 Å². The molecule has 0 spiro atoms. The topological polar surface area (TPSA) is 29.1 Å². The molecule has 0 bridgehead atoms. The Hall–Kier alpha value is -0.380. The third-order valence-electron chi connectivity index (χ3n) is 1.86. The van der Waals surface area contributed by atoms with Crippen LogP contribution in [0.1, 0.15) is 19.4 Å². The average Bonchev–Trinajstić information content (AvgIpc) is 1.99. The third kappa shape index (κ3) is 3.59. The molecule has 0 saturated heterocycles. The van der Waals surface area contributed by atoms with Crippen LogP contribution in [0.4, 0.5) is 10.5 Å². The van der Waals surface area contributed by atoms with Crippen molar-refractivity contribution < 1.29 is 4.79 Å². The van der Waals surface area contributed by atoms with E-state index in [2.05, 4.69) is 17.9 Å².